The Bertz CT molecular complexity index is 971. The molecule has 4 aliphatic rings. The van der Waals surface area contributed by atoms with Gasteiger partial charge in [-0.05, 0) is 55.7 Å². The van der Waals surface area contributed by atoms with Gasteiger partial charge in [0.15, 0.2) is 11.5 Å². The molecule has 30 heavy (non-hydrogen) atoms. The van der Waals surface area contributed by atoms with Crippen LogP contribution in [0.15, 0.2) is 24.3 Å². The van der Waals surface area contributed by atoms with Crippen LogP contribution in [0.2, 0.25) is 0 Å². The number of rotatable bonds is 4. The molecular formula is C22H25N3O5. The average molecular weight is 411 g/mol. The van der Waals surface area contributed by atoms with E-state index < -0.39 is 6.10 Å². The Balaban J connectivity index is 1.12. The number of amides is 1. The topological polar surface area (TPSA) is 96.9 Å². The lowest BCUT2D eigenvalue weighted by molar-refractivity contribution is -0.0232. The summed E-state index contributed by atoms with van der Waals surface area (Å²) in [5.41, 5.74) is 1.58. The van der Waals surface area contributed by atoms with Gasteiger partial charge in [0, 0.05) is 30.8 Å². The number of hydrogen-bond donors (Lipinski definition) is 2. The Kier molecular flexibility index (Phi) is 4.16. The average Bonchev–Trinajstić information content (AvgIpc) is 3.15. The van der Waals surface area contributed by atoms with Gasteiger partial charge in [-0.25, -0.2) is 0 Å². The molecule has 1 aromatic heterocycles. The Labute approximate surface area is 174 Å². The quantitative estimate of drug-likeness (QED) is 0.801. The monoisotopic (exact) mass is 411 g/mol. The highest BCUT2D eigenvalue weighted by atomic mass is 16.7. The molecule has 0 unspecified atom stereocenters. The predicted molar refractivity (Wildman–Crippen MR) is 106 cm³/mol. The molecule has 1 aromatic carbocycles. The van der Waals surface area contributed by atoms with E-state index in [0.717, 1.165) is 12.1 Å². The summed E-state index contributed by atoms with van der Waals surface area (Å²) in [5.74, 6) is 3.18. The van der Waals surface area contributed by atoms with E-state index in [4.69, 9.17) is 14.2 Å². The van der Waals surface area contributed by atoms with Crippen LogP contribution in [0, 0.1) is 11.8 Å². The molecule has 1 saturated heterocycles. The molecule has 1 amide bonds. The molecule has 4 atom stereocenters. The molecule has 158 valence electrons. The highest BCUT2D eigenvalue weighted by Gasteiger charge is 2.44. The molecule has 0 bridgehead atoms. The molecule has 2 N–H and O–H groups in total. The summed E-state index contributed by atoms with van der Waals surface area (Å²) < 4.78 is 16.9. The summed E-state index contributed by atoms with van der Waals surface area (Å²) in [6.07, 6.45) is 2.85. The summed E-state index contributed by atoms with van der Waals surface area (Å²) in [4.78, 5) is 14.8. The first-order valence-corrected chi connectivity index (χ1v) is 10.7. The SMILES string of the molecule is O=C(c1cc(C2CC2)[nH]n1)N1C[C@H]2C[C@@H](Oc3ccc4c(c3)OCO4)[C@H](O)C[C@H]2C1. The lowest BCUT2D eigenvalue weighted by Gasteiger charge is -2.35. The van der Waals surface area contributed by atoms with Crippen LogP contribution in [-0.4, -0.2) is 58.2 Å². The van der Waals surface area contributed by atoms with Crippen LogP contribution in [0.25, 0.3) is 0 Å². The first-order chi connectivity index (χ1) is 14.6. The zero-order valence-corrected chi connectivity index (χ0v) is 16.6. The van der Waals surface area contributed by atoms with Gasteiger partial charge in [0.2, 0.25) is 6.79 Å². The normalized spacial score (nSPS) is 29.7. The zero-order valence-electron chi connectivity index (χ0n) is 16.6. The van der Waals surface area contributed by atoms with Crippen molar-refractivity contribution in [2.45, 2.75) is 43.8 Å². The van der Waals surface area contributed by atoms with Crippen molar-refractivity contribution in [3.05, 3.63) is 35.7 Å². The van der Waals surface area contributed by atoms with Crippen LogP contribution in [0.3, 0.4) is 0 Å². The van der Waals surface area contributed by atoms with Crippen molar-refractivity contribution in [1.29, 1.82) is 0 Å². The molecule has 2 aliphatic carbocycles. The van der Waals surface area contributed by atoms with Crippen LogP contribution in [0.1, 0.15) is 47.8 Å². The van der Waals surface area contributed by atoms with Gasteiger partial charge in [-0.15, -0.1) is 0 Å². The highest BCUT2D eigenvalue weighted by molar-refractivity contribution is 5.92. The van der Waals surface area contributed by atoms with E-state index >= 15 is 0 Å². The number of aliphatic hydroxyl groups excluding tert-OH is 1. The van der Waals surface area contributed by atoms with Crippen LogP contribution in [-0.2, 0) is 0 Å². The number of aromatic amines is 1. The van der Waals surface area contributed by atoms with Crippen LogP contribution < -0.4 is 14.2 Å². The van der Waals surface area contributed by atoms with E-state index in [9.17, 15) is 9.90 Å². The van der Waals surface area contributed by atoms with Gasteiger partial charge in [-0.3, -0.25) is 9.89 Å². The fraction of sp³-hybridized carbons (Fsp3) is 0.545. The van der Waals surface area contributed by atoms with Gasteiger partial charge < -0.3 is 24.2 Å². The number of aliphatic hydroxyl groups is 1. The van der Waals surface area contributed by atoms with E-state index in [1.54, 1.807) is 6.07 Å². The van der Waals surface area contributed by atoms with E-state index in [2.05, 4.69) is 10.2 Å². The van der Waals surface area contributed by atoms with Crippen LogP contribution >= 0.6 is 0 Å². The van der Waals surface area contributed by atoms with E-state index in [1.165, 1.54) is 12.8 Å². The minimum Gasteiger partial charge on any atom is -0.488 e. The number of nitrogens with one attached hydrogen (secondary N) is 1. The third-order valence-electron chi connectivity index (χ3n) is 6.84. The van der Waals surface area contributed by atoms with Crippen molar-refractivity contribution in [2.24, 2.45) is 11.8 Å². The summed E-state index contributed by atoms with van der Waals surface area (Å²) in [7, 11) is 0. The number of H-pyrrole nitrogens is 1. The molecule has 3 heterocycles. The molecule has 6 rings (SSSR count). The second-order valence-electron chi connectivity index (χ2n) is 8.92. The van der Waals surface area contributed by atoms with Crippen LogP contribution in [0.5, 0.6) is 17.2 Å². The molecular weight excluding hydrogens is 386 g/mol. The molecule has 2 aliphatic heterocycles. The lowest BCUT2D eigenvalue weighted by atomic mass is 9.78. The maximum absolute atomic E-state index is 12.9. The molecule has 2 aromatic rings. The minimum atomic E-state index is -0.557. The highest BCUT2D eigenvalue weighted by Crippen LogP contribution is 2.41. The second kappa shape index (κ2) is 6.91. The Morgan fingerprint density at radius 2 is 1.93 bits per heavy atom. The zero-order chi connectivity index (χ0) is 20.2. The van der Waals surface area contributed by atoms with Crippen molar-refractivity contribution in [3.63, 3.8) is 0 Å². The van der Waals surface area contributed by atoms with Crippen LogP contribution in [0.4, 0.5) is 0 Å². The predicted octanol–water partition coefficient (Wildman–Crippen LogP) is 2.31. The number of aromatic nitrogens is 2. The number of carbonyl (C=O) groups is 1. The number of benzene rings is 1. The van der Waals surface area contributed by atoms with Crippen molar-refractivity contribution >= 4 is 5.91 Å². The van der Waals surface area contributed by atoms with Crippen molar-refractivity contribution < 1.29 is 24.1 Å². The number of likely N-dealkylation sites (tertiary alicyclic amines) is 1. The molecule has 8 nitrogen and oxygen atoms in total. The summed E-state index contributed by atoms with van der Waals surface area (Å²) in [6.45, 7) is 1.57. The fourth-order valence-corrected chi connectivity index (χ4v) is 5.02. The van der Waals surface area contributed by atoms with Gasteiger partial charge in [-0.2, -0.15) is 5.10 Å². The summed E-state index contributed by atoms with van der Waals surface area (Å²) in [5, 5.41) is 17.9. The minimum absolute atomic E-state index is 0.0183. The molecule has 0 spiro atoms. The third kappa shape index (κ3) is 3.19. The molecule has 3 fully saturated rings. The number of fused-ring (bicyclic) bond motifs is 2. The van der Waals surface area contributed by atoms with Gasteiger partial charge >= 0.3 is 0 Å². The lowest BCUT2D eigenvalue weighted by Crippen LogP contribution is -2.42. The number of nitrogens with zero attached hydrogens (tertiary/aromatic N) is 2. The number of hydrogen-bond acceptors (Lipinski definition) is 6. The second-order valence-corrected chi connectivity index (χ2v) is 8.92. The van der Waals surface area contributed by atoms with Gasteiger partial charge in [0.05, 0.1) is 6.10 Å². The first kappa shape index (κ1) is 18.1. The number of ether oxygens (including phenoxy) is 3. The van der Waals surface area contributed by atoms with Crippen molar-refractivity contribution in [3.8, 4) is 17.2 Å². The fourth-order valence-electron chi connectivity index (χ4n) is 5.02. The van der Waals surface area contributed by atoms with Gasteiger partial charge in [0.25, 0.3) is 5.91 Å². The third-order valence-corrected chi connectivity index (χ3v) is 6.84. The Morgan fingerprint density at radius 1 is 1.13 bits per heavy atom. The van der Waals surface area contributed by atoms with E-state index in [1.807, 2.05) is 23.1 Å². The van der Waals surface area contributed by atoms with Gasteiger partial charge in [0.1, 0.15) is 17.5 Å². The van der Waals surface area contributed by atoms with Crippen molar-refractivity contribution in [1.82, 2.24) is 15.1 Å². The molecule has 8 heteroatoms. The molecule has 0 radical (unpaired) electrons. The van der Waals surface area contributed by atoms with E-state index in [-0.39, 0.29) is 18.8 Å². The number of carbonyl (C=O) groups excluding carboxylic acids is 1. The summed E-state index contributed by atoms with van der Waals surface area (Å²) in [6, 6.07) is 7.38. The Hall–Kier alpha value is -2.74. The Morgan fingerprint density at radius 3 is 2.77 bits per heavy atom. The smallest absolute Gasteiger partial charge is 0.274 e. The van der Waals surface area contributed by atoms with E-state index in [0.29, 0.717) is 60.2 Å². The van der Waals surface area contributed by atoms with Gasteiger partial charge in [-0.1, -0.05) is 0 Å². The van der Waals surface area contributed by atoms with Crippen molar-refractivity contribution in [2.75, 3.05) is 19.9 Å². The standard InChI is InChI=1S/C22H25N3O5/c26-18-5-13-9-25(22(27)17-8-16(23-24-17)12-1-2-12)10-14(13)6-20(18)30-15-3-4-19-21(7-15)29-11-28-19/h3-4,7-8,12-14,18,20,26H,1-2,5-6,9-11H2,(H,23,24)/t13-,14+,18+,20+/m0/s1. The largest absolute Gasteiger partial charge is 0.488 e. The maximum atomic E-state index is 12.9. The maximum Gasteiger partial charge on any atom is 0.274 e. The first-order valence-electron chi connectivity index (χ1n) is 10.7. The molecule has 2 saturated carbocycles. The summed E-state index contributed by atoms with van der Waals surface area (Å²) >= 11 is 0.